The Labute approximate surface area is 206 Å². The maximum Gasteiger partial charge on any atom is 0.355 e. The highest BCUT2D eigenvalue weighted by atomic mass is 16.5. The molecule has 9 heteroatoms. The van der Waals surface area contributed by atoms with Gasteiger partial charge in [-0.25, -0.2) is 9.59 Å². The van der Waals surface area contributed by atoms with E-state index in [1.807, 2.05) is 24.3 Å². The molecule has 1 amide bonds. The Balaban J connectivity index is 1.49. The van der Waals surface area contributed by atoms with Crippen molar-refractivity contribution < 1.29 is 28.6 Å². The molecule has 2 fully saturated rings. The second-order valence-corrected chi connectivity index (χ2v) is 9.26. The zero-order chi connectivity index (χ0) is 24.8. The van der Waals surface area contributed by atoms with E-state index in [1.54, 1.807) is 4.90 Å². The van der Waals surface area contributed by atoms with Gasteiger partial charge in [-0.1, -0.05) is 12.8 Å². The van der Waals surface area contributed by atoms with E-state index in [0.29, 0.717) is 18.1 Å². The Morgan fingerprint density at radius 2 is 1.51 bits per heavy atom. The standard InChI is InChI=1S/C26H35N3O6/c1-33-25(31)22-17-35-18-29(23(22)26(32)34-2)21-11-9-20(10-12-21)28-15-7-8-19(16-28)24(30)27-13-5-3-4-6-14-27/h9-12,19H,3-8,13-18H2,1-2H3. The number of carbonyl (C=O) groups excluding carboxylic acids is 3. The number of amides is 1. The van der Waals surface area contributed by atoms with Gasteiger partial charge in [0.1, 0.15) is 12.4 Å². The van der Waals surface area contributed by atoms with Gasteiger partial charge in [0.2, 0.25) is 5.91 Å². The normalized spacial score (nSPS) is 21.4. The number of piperidine rings is 1. The number of nitrogens with zero attached hydrogens (tertiary/aromatic N) is 3. The van der Waals surface area contributed by atoms with E-state index in [4.69, 9.17) is 14.2 Å². The maximum atomic E-state index is 13.2. The molecule has 0 spiro atoms. The van der Waals surface area contributed by atoms with Crippen LogP contribution in [0.3, 0.4) is 0 Å². The first-order valence-electron chi connectivity index (χ1n) is 12.4. The largest absolute Gasteiger partial charge is 0.466 e. The molecule has 3 heterocycles. The van der Waals surface area contributed by atoms with Crippen LogP contribution in [0.1, 0.15) is 38.5 Å². The molecule has 0 radical (unpaired) electrons. The van der Waals surface area contributed by atoms with Crippen LogP contribution in [0.5, 0.6) is 0 Å². The number of ether oxygens (including phenoxy) is 3. The summed E-state index contributed by atoms with van der Waals surface area (Å²) in [6.45, 7) is 3.46. The van der Waals surface area contributed by atoms with Gasteiger partial charge >= 0.3 is 11.9 Å². The summed E-state index contributed by atoms with van der Waals surface area (Å²) < 4.78 is 15.3. The molecule has 190 valence electrons. The van der Waals surface area contributed by atoms with Crippen molar-refractivity contribution in [2.75, 3.05) is 63.5 Å². The Morgan fingerprint density at radius 3 is 2.17 bits per heavy atom. The van der Waals surface area contributed by atoms with E-state index in [1.165, 1.54) is 27.1 Å². The third-order valence-electron chi connectivity index (χ3n) is 7.05. The molecule has 0 bridgehead atoms. The molecule has 0 N–H and O–H groups in total. The monoisotopic (exact) mass is 485 g/mol. The van der Waals surface area contributed by atoms with Crippen molar-refractivity contribution in [1.82, 2.24) is 4.90 Å². The molecule has 0 aromatic heterocycles. The van der Waals surface area contributed by atoms with E-state index in [9.17, 15) is 14.4 Å². The SMILES string of the molecule is COC(=O)C1=C(C(=O)OC)N(c2ccc(N3CCCC(C(=O)N4CCCCCC4)C3)cc2)COC1. The number of benzene rings is 1. The Morgan fingerprint density at radius 1 is 0.857 bits per heavy atom. The van der Waals surface area contributed by atoms with Crippen molar-refractivity contribution in [1.29, 1.82) is 0 Å². The van der Waals surface area contributed by atoms with Gasteiger partial charge in [-0.2, -0.15) is 0 Å². The zero-order valence-electron chi connectivity index (χ0n) is 20.7. The number of methoxy groups -OCH3 is 2. The van der Waals surface area contributed by atoms with Gasteiger partial charge in [0.05, 0.1) is 32.3 Å². The van der Waals surface area contributed by atoms with E-state index in [2.05, 4.69) is 9.80 Å². The van der Waals surface area contributed by atoms with Gasteiger partial charge in [-0.15, -0.1) is 0 Å². The minimum atomic E-state index is -0.625. The van der Waals surface area contributed by atoms with Gasteiger partial charge < -0.3 is 28.9 Å². The predicted octanol–water partition coefficient (Wildman–Crippen LogP) is 2.70. The summed E-state index contributed by atoms with van der Waals surface area (Å²) in [6.07, 6.45) is 6.53. The molecule has 3 aliphatic rings. The number of likely N-dealkylation sites (tertiary alicyclic amines) is 1. The molecule has 35 heavy (non-hydrogen) atoms. The second kappa shape index (κ2) is 11.6. The van der Waals surface area contributed by atoms with Crippen molar-refractivity contribution in [3.05, 3.63) is 35.5 Å². The van der Waals surface area contributed by atoms with E-state index >= 15 is 0 Å². The molecular weight excluding hydrogens is 450 g/mol. The van der Waals surface area contributed by atoms with Crippen LogP contribution in [-0.4, -0.2) is 76.5 Å². The van der Waals surface area contributed by atoms with Crippen LogP contribution in [0.15, 0.2) is 35.5 Å². The van der Waals surface area contributed by atoms with Crippen LogP contribution >= 0.6 is 0 Å². The highest BCUT2D eigenvalue weighted by Gasteiger charge is 2.33. The highest BCUT2D eigenvalue weighted by Crippen LogP contribution is 2.30. The lowest BCUT2D eigenvalue weighted by atomic mass is 9.95. The number of rotatable bonds is 5. The molecule has 1 atom stereocenters. The van der Waals surface area contributed by atoms with Gasteiger partial charge in [0, 0.05) is 37.6 Å². The molecule has 1 aromatic rings. The van der Waals surface area contributed by atoms with Crippen molar-refractivity contribution in [3.63, 3.8) is 0 Å². The molecule has 3 aliphatic heterocycles. The van der Waals surface area contributed by atoms with Gasteiger partial charge in [-0.05, 0) is 49.9 Å². The van der Waals surface area contributed by atoms with Crippen molar-refractivity contribution >= 4 is 29.2 Å². The molecule has 9 nitrogen and oxygen atoms in total. The third-order valence-corrected chi connectivity index (χ3v) is 7.05. The number of anilines is 2. The van der Waals surface area contributed by atoms with Crippen LogP contribution < -0.4 is 9.80 Å². The van der Waals surface area contributed by atoms with E-state index in [0.717, 1.165) is 51.0 Å². The average molecular weight is 486 g/mol. The van der Waals surface area contributed by atoms with Crippen LogP contribution in [-0.2, 0) is 28.6 Å². The summed E-state index contributed by atoms with van der Waals surface area (Å²) >= 11 is 0. The molecule has 4 rings (SSSR count). The lowest BCUT2D eigenvalue weighted by molar-refractivity contribution is -0.140. The van der Waals surface area contributed by atoms with Crippen molar-refractivity contribution in [2.45, 2.75) is 38.5 Å². The van der Waals surface area contributed by atoms with E-state index in [-0.39, 0.29) is 30.5 Å². The average Bonchev–Trinajstić information content (AvgIpc) is 3.21. The minimum absolute atomic E-state index is 0.0218. The minimum Gasteiger partial charge on any atom is -0.466 e. The molecule has 0 aliphatic carbocycles. The van der Waals surface area contributed by atoms with Crippen LogP contribution in [0.2, 0.25) is 0 Å². The third kappa shape index (κ3) is 5.61. The predicted molar refractivity (Wildman–Crippen MR) is 131 cm³/mol. The summed E-state index contributed by atoms with van der Waals surface area (Å²) in [6, 6.07) is 7.75. The second-order valence-electron chi connectivity index (χ2n) is 9.26. The Bertz CT molecular complexity index is 952. The zero-order valence-corrected chi connectivity index (χ0v) is 20.7. The Hall–Kier alpha value is -3.07. The molecule has 0 saturated carbocycles. The fourth-order valence-corrected chi connectivity index (χ4v) is 5.15. The summed E-state index contributed by atoms with van der Waals surface area (Å²) in [5, 5.41) is 0. The van der Waals surface area contributed by atoms with Crippen LogP contribution in [0, 0.1) is 5.92 Å². The van der Waals surface area contributed by atoms with Gasteiger partial charge in [0.15, 0.2) is 0 Å². The van der Waals surface area contributed by atoms with Crippen molar-refractivity contribution in [2.24, 2.45) is 5.92 Å². The fraction of sp³-hybridized carbons (Fsp3) is 0.577. The van der Waals surface area contributed by atoms with Gasteiger partial charge in [0.25, 0.3) is 0 Å². The number of hydrogen-bond acceptors (Lipinski definition) is 8. The highest BCUT2D eigenvalue weighted by molar-refractivity contribution is 6.03. The van der Waals surface area contributed by atoms with Crippen LogP contribution in [0.25, 0.3) is 0 Å². The smallest absolute Gasteiger partial charge is 0.355 e. The molecular formula is C26H35N3O6. The summed E-state index contributed by atoms with van der Waals surface area (Å²) in [7, 11) is 2.54. The number of carbonyl (C=O) groups is 3. The summed E-state index contributed by atoms with van der Waals surface area (Å²) in [5.41, 5.74) is 1.97. The van der Waals surface area contributed by atoms with Crippen LogP contribution in [0.4, 0.5) is 11.4 Å². The van der Waals surface area contributed by atoms with E-state index < -0.39 is 11.9 Å². The first kappa shape index (κ1) is 25.0. The summed E-state index contributed by atoms with van der Waals surface area (Å²) in [4.78, 5) is 43.9. The molecule has 2 saturated heterocycles. The van der Waals surface area contributed by atoms with Gasteiger partial charge in [-0.3, -0.25) is 4.79 Å². The first-order valence-corrected chi connectivity index (χ1v) is 12.4. The maximum absolute atomic E-state index is 13.2. The molecule has 1 aromatic carbocycles. The molecule has 1 unspecified atom stereocenters. The lowest BCUT2D eigenvalue weighted by Crippen LogP contribution is -2.45. The summed E-state index contributed by atoms with van der Waals surface area (Å²) in [5.74, 6) is -0.931. The van der Waals surface area contributed by atoms with Crippen molar-refractivity contribution in [3.8, 4) is 0 Å². The quantitative estimate of drug-likeness (QED) is 0.589. The first-order chi connectivity index (χ1) is 17.0. The number of esters is 2. The Kier molecular flexibility index (Phi) is 8.28. The lowest BCUT2D eigenvalue weighted by Gasteiger charge is -2.36. The fourth-order valence-electron chi connectivity index (χ4n) is 5.15. The number of hydrogen-bond donors (Lipinski definition) is 0. The topological polar surface area (TPSA) is 88.6 Å².